The predicted molar refractivity (Wildman–Crippen MR) is 75.1 cm³/mol. The van der Waals surface area contributed by atoms with E-state index in [0.29, 0.717) is 0 Å². The van der Waals surface area contributed by atoms with Crippen LogP contribution in [0.5, 0.6) is 0 Å². The molecular weight excluding hydrogens is 206 g/mol. The fourth-order valence-corrected chi connectivity index (χ4v) is 2.44. The van der Waals surface area contributed by atoms with E-state index in [2.05, 4.69) is 56.3 Å². The monoisotopic (exact) mass is 227 g/mol. The van der Waals surface area contributed by atoms with Gasteiger partial charge >= 0.3 is 0 Å². The predicted octanol–water partition coefficient (Wildman–Crippen LogP) is 3.76. The third-order valence-electron chi connectivity index (χ3n) is 3.37. The summed E-state index contributed by atoms with van der Waals surface area (Å²) in [6, 6.07) is 15.2. The van der Waals surface area contributed by atoms with Gasteiger partial charge in [0.05, 0.1) is 0 Å². The lowest BCUT2D eigenvalue weighted by atomic mass is 9.81. The number of hydrogen-bond donors (Lipinski definition) is 1. The van der Waals surface area contributed by atoms with Gasteiger partial charge in [0.15, 0.2) is 0 Å². The molecule has 1 nitrogen and oxygen atoms in total. The standard InChI is InChI=1S/C16H21N/c1-16(2,10-11-17)12-14-8-5-7-13-6-3-4-9-15(13)14/h3-9H,10-12,17H2,1-2H3. The third-order valence-corrected chi connectivity index (χ3v) is 3.37. The van der Waals surface area contributed by atoms with Crippen molar-refractivity contribution >= 4 is 10.8 Å². The summed E-state index contributed by atoms with van der Waals surface area (Å²) >= 11 is 0. The molecule has 0 radical (unpaired) electrons. The Balaban J connectivity index is 2.36. The molecule has 2 N–H and O–H groups in total. The second-order valence-electron chi connectivity index (χ2n) is 5.52. The first-order valence-corrected chi connectivity index (χ1v) is 6.29. The molecule has 2 aromatic rings. The minimum atomic E-state index is 0.277. The smallest absolute Gasteiger partial charge is 0.00721 e. The van der Waals surface area contributed by atoms with Gasteiger partial charge in [-0.15, -0.1) is 0 Å². The third kappa shape index (κ3) is 2.86. The maximum atomic E-state index is 5.68. The van der Waals surface area contributed by atoms with Crippen molar-refractivity contribution in [1.82, 2.24) is 0 Å². The Bertz CT molecular complexity index is 494. The van der Waals surface area contributed by atoms with Gasteiger partial charge in [-0.2, -0.15) is 0 Å². The minimum Gasteiger partial charge on any atom is -0.330 e. The Labute approximate surface area is 104 Å². The average molecular weight is 227 g/mol. The number of benzene rings is 2. The molecule has 0 unspecified atom stereocenters. The summed E-state index contributed by atoms with van der Waals surface area (Å²) in [7, 11) is 0. The van der Waals surface area contributed by atoms with Crippen LogP contribution in [0.4, 0.5) is 0 Å². The zero-order valence-electron chi connectivity index (χ0n) is 10.7. The molecule has 0 atom stereocenters. The Kier molecular flexibility index (Phi) is 3.49. The van der Waals surface area contributed by atoms with Crippen molar-refractivity contribution in [3.05, 3.63) is 48.0 Å². The molecule has 0 bridgehead atoms. The summed E-state index contributed by atoms with van der Waals surface area (Å²) < 4.78 is 0. The van der Waals surface area contributed by atoms with E-state index in [1.165, 1.54) is 16.3 Å². The van der Waals surface area contributed by atoms with Crippen molar-refractivity contribution < 1.29 is 0 Å². The van der Waals surface area contributed by atoms with E-state index < -0.39 is 0 Å². The van der Waals surface area contributed by atoms with Gasteiger partial charge in [0, 0.05) is 0 Å². The maximum Gasteiger partial charge on any atom is -0.00721 e. The number of hydrogen-bond acceptors (Lipinski definition) is 1. The average Bonchev–Trinajstić information content (AvgIpc) is 2.29. The maximum absolute atomic E-state index is 5.68. The van der Waals surface area contributed by atoms with E-state index in [9.17, 15) is 0 Å². The summed E-state index contributed by atoms with van der Waals surface area (Å²) in [5.74, 6) is 0. The van der Waals surface area contributed by atoms with Gasteiger partial charge in [0.1, 0.15) is 0 Å². The van der Waals surface area contributed by atoms with Gasteiger partial charge in [0.2, 0.25) is 0 Å². The molecule has 2 aromatic carbocycles. The highest BCUT2D eigenvalue weighted by Crippen LogP contribution is 2.29. The van der Waals surface area contributed by atoms with Crippen molar-refractivity contribution in [3.63, 3.8) is 0 Å². The molecule has 0 heterocycles. The molecule has 0 aliphatic rings. The lowest BCUT2D eigenvalue weighted by Crippen LogP contribution is -2.19. The normalized spacial score (nSPS) is 11.9. The molecule has 17 heavy (non-hydrogen) atoms. The van der Waals surface area contributed by atoms with E-state index in [1.54, 1.807) is 0 Å². The van der Waals surface area contributed by atoms with Gasteiger partial charge in [0.25, 0.3) is 0 Å². The molecule has 0 saturated heterocycles. The first-order valence-electron chi connectivity index (χ1n) is 6.29. The molecule has 1 heteroatoms. The van der Waals surface area contributed by atoms with E-state index in [4.69, 9.17) is 5.73 Å². The molecule has 0 aliphatic heterocycles. The van der Waals surface area contributed by atoms with E-state index in [1.807, 2.05) is 0 Å². The van der Waals surface area contributed by atoms with Crippen LogP contribution in [-0.2, 0) is 6.42 Å². The summed E-state index contributed by atoms with van der Waals surface area (Å²) in [5, 5.41) is 2.70. The molecule has 90 valence electrons. The number of fused-ring (bicyclic) bond motifs is 1. The van der Waals surface area contributed by atoms with Gasteiger partial charge < -0.3 is 5.73 Å². The van der Waals surface area contributed by atoms with Crippen molar-refractivity contribution in [2.45, 2.75) is 26.7 Å². The van der Waals surface area contributed by atoms with Crippen molar-refractivity contribution in [1.29, 1.82) is 0 Å². The van der Waals surface area contributed by atoms with Crippen LogP contribution in [0.3, 0.4) is 0 Å². The quantitative estimate of drug-likeness (QED) is 0.845. The largest absolute Gasteiger partial charge is 0.330 e. The Morgan fingerprint density at radius 2 is 1.71 bits per heavy atom. The van der Waals surface area contributed by atoms with Crippen LogP contribution in [0.25, 0.3) is 10.8 Å². The number of rotatable bonds is 4. The van der Waals surface area contributed by atoms with Crippen molar-refractivity contribution in [3.8, 4) is 0 Å². The Morgan fingerprint density at radius 3 is 2.47 bits per heavy atom. The second kappa shape index (κ2) is 4.89. The molecule has 0 aromatic heterocycles. The van der Waals surface area contributed by atoms with Gasteiger partial charge in [-0.25, -0.2) is 0 Å². The van der Waals surface area contributed by atoms with Gasteiger partial charge in [-0.05, 0) is 41.1 Å². The topological polar surface area (TPSA) is 26.0 Å². The molecule has 0 spiro atoms. The first kappa shape index (κ1) is 12.1. The van der Waals surface area contributed by atoms with E-state index in [0.717, 1.165) is 19.4 Å². The first-order chi connectivity index (χ1) is 8.12. The molecular formula is C16H21N. The lowest BCUT2D eigenvalue weighted by Gasteiger charge is -2.24. The molecule has 2 rings (SSSR count). The second-order valence-corrected chi connectivity index (χ2v) is 5.52. The van der Waals surface area contributed by atoms with E-state index in [-0.39, 0.29) is 5.41 Å². The van der Waals surface area contributed by atoms with Crippen LogP contribution in [0.2, 0.25) is 0 Å². The van der Waals surface area contributed by atoms with Crippen LogP contribution < -0.4 is 5.73 Å². The number of nitrogens with two attached hydrogens (primary N) is 1. The summed E-state index contributed by atoms with van der Waals surface area (Å²) in [6.07, 6.45) is 2.15. The molecule has 0 fully saturated rings. The Hall–Kier alpha value is -1.34. The highest BCUT2D eigenvalue weighted by molar-refractivity contribution is 5.85. The zero-order valence-corrected chi connectivity index (χ0v) is 10.7. The SMILES string of the molecule is CC(C)(CCN)Cc1cccc2ccccc12. The zero-order chi connectivity index (χ0) is 12.3. The Morgan fingerprint density at radius 1 is 1.00 bits per heavy atom. The lowest BCUT2D eigenvalue weighted by molar-refractivity contribution is 0.340. The summed E-state index contributed by atoms with van der Waals surface area (Å²) in [5.41, 5.74) is 7.39. The molecule has 0 aliphatic carbocycles. The van der Waals surface area contributed by atoms with Crippen LogP contribution in [0.1, 0.15) is 25.8 Å². The van der Waals surface area contributed by atoms with Crippen molar-refractivity contribution in [2.24, 2.45) is 11.1 Å². The summed E-state index contributed by atoms with van der Waals surface area (Å²) in [6.45, 7) is 5.35. The fourth-order valence-electron chi connectivity index (χ4n) is 2.44. The van der Waals surface area contributed by atoms with Gasteiger partial charge in [-0.3, -0.25) is 0 Å². The van der Waals surface area contributed by atoms with E-state index >= 15 is 0 Å². The summed E-state index contributed by atoms with van der Waals surface area (Å²) in [4.78, 5) is 0. The fraction of sp³-hybridized carbons (Fsp3) is 0.375. The minimum absolute atomic E-state index is 0.277. The van der Waals surface area contributed by atoms with Crippen LogP contribution in [0, 0.1) is 5.41 Å². The molecule has 0 saturated carbocycles. The van der Waals surface area contributed by atoms with Crippen LogP contribution in [-0.4, -0.2) is 6.54 Å². The highest BCUT2D eigenvalue weighted by Gasteiger charge is 2.18. The van der Waals surface area contributed by atoms with Crippen LogP contribution >= 0.6 is 0 Å². The van der Waals surface area contributed by atoms with Gasteiger partial charge in [-0.1, -0.05) is 56.3 Å². The highest BCUT2D eigenvalue weighted by atomic mass is 14.5. The van der Waals surface area contributed by atoms with Crippen LogP contribution in [0.15, 0.2) is 42.5 Å². The molecule has 0 amide bonds. The van der Waals surface area contributed by atoms with Crippen molar-refractivity contribution in [2.75, 3.05) is 6.54 Å².